The lowest BCUT2D eigenvalue weighted by Crippen LogP contribution is -2.02. The quantitative estimate of drug-likeness (QED) is 0.869. The van der Waals surface area contributed by atoms with Crippen molar-refractivity contribution in [3.63, 3.8) is 0 Å². The van der Waals surface area contributed by atoms with Crippen molar-refractivity contribution < 1.29 is 14.6 Å². The summed E-state index contributed by atoms with van der Waals surface area (Å²) < 4.78 is 5.65. The Morgan fingerprint density at radius 3 is 2.50 bits per heavy atom. The first-order valence-electron chi connectivity index (χ1n) is 6.73. The molecule has 0 radical (unpaired) electrons. The van der Waals surface area contributed by atoms with Crippen LogP contribution in [0.15, 0.2) is 48.5 Å². The van der Waals surface area contributed by atoms with Crippen LogP contribution in [0.3, 0.4) is 0 Å². The zero-order valence-corrected chi connectivity index (χ0v) is 11.5. The SMILES string of the molecule is CCCOc1cc(CC(=O)O)cc(-c2ccccc2)c1. The molecule has 0 saturated heterocycles. The van der Waals surface area contributed by atoms with Crippen LogP contribution in [-0.4, -0.2) is 17.7 Å². The molecular formula is C17H18O3. The van der Waals surface area contributed by atoms with Gasteiger partial charge in [0.05, 0.1) is 13.0 Å². The number of carboxylic acid groups (broad SMARTS) is 1. The number of carboxylic acids is 1. The number of hydrogen-bond donors (Lipinski definition) is 1. The van der Waals surface area contributed by atoms with E-state index in [0.717, 1.165) is 28.9 Å². The summed E-state index contributed by atoms with van der Waals surface area (Å²) in [5, 5.41) is 8.95. The Morgan fingerprint density at radius 1 is 1.10 bits per heavy atom. The summed E-state index contributed by atoms with van der Waals surface area (Å²) in [6.07, 6.45) is 0.924. The third-order valence-electron chi connectivity index (χ3n) is 2.90. The van der Waals surface area contributed by atoms with Gasteiger partial charge in [0, 0.05) is 0 Å². The minimum atomic E-state index is -0.836. The molecule has 0 bridgehead atoms. The summed E-state index contributed by atoms with van der Waals surface area (Å²) in [5.41, 5.74) is 2.79. The average molecular weight is 270 g/mol. The monoisotopic (exact) mass is 270 g/mol. The fourth-order valence-corrected chi connectivity index (χ4v) is 2.04. The van der Waals surface area contributed by atoms with Crippen molar-refractivity contribution in [3.8, 4) is 16.9 Å². The van der Waals surface area contributed by atoms with Crippen LogP contribution in [0.2, 0.25) is 0 Å². The summed E-state index contributed by atoms with van der Waals surface area (Å²) in [6.45, 7) is 2.67. The summed E-state index contributed by atoms with van der Waals surface area (Å²) in [5.74, 6) is -0.110. The molecule has 0 saturated carbocycles. The molecule has 0 fully saturated rings. The van der Waals surface area contributed by atoms with Gasteiger partial charge in [-0.15, -0.1) is 0 Å². The highest BCUT2D eigenvalue weighted by Gasteiger charge is 2.07. The Labute approximate surface area is 118 Å². The van der Waals surface area contributed by atoms with Gasteiger partial charge in [0.15, 0.2) is 0 Å². The largest absolute Gasteiger partial charge is 0.494 e. The molecule has 0 heterocycles. The predicted octanol–water partition coefficient (Wildman–Crippen LogP) is 3.77. The Morgan fingerprint density at radius 2 is 1.85 bits per heavy atom. The molecule has 2 aromatic carbocycles. The van der Waals surface area contributed by atoms with Gasteiger partial charge in [-0.25, -0.2) is 0 Å². The molecule has 2 aromatic rings. The average Bonchev–Trinajstić information content (AvgIpc) is 2.45. The number of hydrogen-bond acceptors (Lipinski definition) is 2. The van der Waals surface area contributed by atoms with Crippen molar-refractivity contribution in [2.75, 3.05) is 6.61 Å². The zero-order valence-electron chi connectivity index (χ0n) is 11.5. The van der Waals surface area contributed by atoms with Crippen LogP contribution in [0.5, 0.6) is 5.75 Å². The lowest BCUT2D eigenvalue weighted by molar-refractivity contribution is -0.136. The van der Waals surface area contributed by atoms with E-state index in [-0.39, 0.29) is 6.42 Å². The van der Waals surface area contributed by atoms with Crippen LogP contribution in [0.1, 0.15) is 18.9 Å². The molecule has 0 amide bonds. The fraction of sp³-hybridized carbons (Fsp3) is 0.235. The molecule has 0 aliphatic carbocycles. The van der Waals surface area contributed by atoms with Crippen molar-refractivity contribution in [1.29, 1.82) is 0 Å². The van der Waals surface area contributed by atoms with Crippen LogP contribution in [0.25, 0.3) is 11.1 Å². The van der Waals surface area contributed by atoms with Crippen molar-refractivity contribution in [2.45, 2.75) is 19.8 Å². The second-order valence-electron chi connectivity index (χ2n) is 4.65. The number of ether oxygens (including phenoxy) is 1. The van der Waals surface area contributed by atoms with Crippen molar-refractivity contribution >= 4 is 5.97 Å². The van der Waals surface area contributed by atoms with E-state index in [1.165, 1.54) is 0 Å². The molecule has 2 rings (SSSR count). The molecule has 3 heteroatoms. The Balaban J connectivity index is 2.37. The van der Waals surface area contributed by atoms with Crippen LogP contribution in [0.4, 0.5) is 0 Å². The topological polar surface area (TPSA) is 46.5 Å². The van der Waals surface area contributed by atoms with E-state index >= 15 is 0 Å². The zero-order chi connectivity index (χ0) is 14.4. The first kappa shape index (κ1) is 14.1. The molecule has 0 aliphatic rings. The third-order valence-corrected chi connectivity index (χ3v) is 2.90. The highest BCUT2D eigenvalue weighted by molar-refractivity contribution is 5.73. The van der Waals surface area contributed by atoms with Gasteiger partial charge in [0.1, 0.15) is 5.75 Å². The van der Waals surface area contributed by atoms with Gasteiger partial charge in [0.25, 0.3) is 0 Å². The van der Waals surface area contributed by atoms with Gasteiger partial charge in [-0.1, -0.05) is 43.3 Å². The molecule has 0 spiro atoms. The van der Waals surface area contributed by atoms with E-state index in [1.807, 2.05) is 49.4 Å². The smallest absolute Gasteiger partial charge is 0.307 e. The first-order valence-corrected chi connectivity index (χ1v) is 6.73. The van der Waals surface area contributed by atoms with Gasteiger partial charge in [-0.3, -0.25) is 4.79 Å². The van der Waals surface area contributed by atoms with Crippen LogP contribution < -0.4 is 4.74 Å². The summed E-state index contributed by atoms with van der Waals surface area (Å²) in [4.78, 5) is 10.9. The number of aliphatic carboxylic acids is 1. The number of rotatable bonds is 6. The fourth-order valence-electron chi connectivity index (χ4n) is 2.04. The normalized spacial score (nSPS) is 10.2. The van der Waals surface area contributed by atoms with Gasteiger partial charge < -0.3 is 9.84 Å². The van der Waals surface area contributed by atoms with Crippen LogP contribution >= 0.6 is 0 Å². The second-order valence-corrected chi connectivity index (χ2v) is 4.65. The molecule has 0 aromatic heterocycles. The maximum absolute atomic E-state index is 10.9. The van der Waals surface area contributed by atoms with Gasteiger partial charge in [0.2, 0.25) is 0 Å². The van der Waals surface area contributed by atoms with Gasteiger partial charge in [-0.2, -0.15) is 0 Å². The third kappa shape index (κ3) is 3.85. The molecule has 20 heavy (non-hydrogen) atoms. The molecule has 0 unspecified atom stereocenters. The lowest BCUT2D eigenvalue weighted by Gasteiger charge is -2.10. The molecule has 1 N–H and O–H groups in total. The molecular weight excluding hydrogens is 252 g/mol. The van der Waals surface area contributed by atoms with Crippen LogP contribution in [0, 0.1) is 0 Å². The highest BCUT2D eigenvalue weighted by atomic mass is 16.5. The minimum absolute atomic E-state index is 0.00313. The Bertz CT molecular complexity index is 576. The lowest BCUT2D eigenvalue weighted by atomic mass is 10.0. The Kier molecular flexibility index (Phi) is 4.77. The Hall–Kier alpha value is -2.29. The van der Waals surface area contributed by atoms with Crippen molar-refractivity contribution in [3.05, 3.63) is 54.1 Å². The van der Waals surface area contributed by atoms with Crippen molar-refractivity contribution in [2.24, 2.45) is 0 Å². The highest BCUT2D eigenvalue weighted by Crippen LogP contribution is 2.26. The van der Waals surface area contributed by atoms with Gasteiger partial charge >= 0.3 is 5.97 Å². The van der Waals surface area contributed by atoms with E-state index in [0.29, 0.717) is 6.61 Å². The maximum Gasteiger partial charge on any atom is 0.307 e. The molecule has 104 valence electrons. The van der Waals surface area contributed by atoms with Crippen LogP contribution in [-0.2, 0) is 11.2 Å². The minimum Gasteiger partial charge on any atom is -0.494 e. The van der Waals surface area contributed by atoms with E-state index in [4.69, 9.17) is 9.84 Å². The standard InChI is InChI=1S/C17H18O3/c1-2-8-20-16-10-13(11-17(18)19)9-15(12-16)14-6-4-3-5-7-14/h3-7,9-10,12H,2,8,11H2,1H3,(H,18,19). The first-order chi connectivity index (χ1) is 9.69. The predicted molar refractivity (Wildman–Crippen MR) is 79.0 cm³/mol. The van der Waals surface area contributed by atoms with Crippen molar-refractivity contribution in [1.82, 2.24) is 0 Å². The van der Waals surface area contributed by atoms with E-state index < -0.39 is 5.97 Å². The molecule has 3 nitrogen and oxygen atoms in total. The molecule has 0 aliphatic heterocycles. The van der Waals surface area contributed by atoms with E-state index in [1.54, 1.807) is 6.07 Å². The summed E-state index contributed by atoms with van der Waals surface area (Å²) in [6, 6.07) is 15.6. The van der Waals surface area contributed by atoms with E-state index in [2.05, 4.69) is 0 Å². The summed E-state index contributed by atoms with van der Waals surface area (Å²) in [7, 11) is 0. The number of benzene rings is 2. The summed E-state index contributed by atoms with van der Waals surface area (Å²) >= 11 is 0. The van der Waals surface area contributed by atoms with Gasteiger partial charge in [-0.05, 0) is 35.2 Å². The molecule has 0 atom stereocenters. The van der Waals surface area contributed by atoms with E-state index in [9.17, 15) is 4.79 Å². The maximum atomic E-state index is 10.9. The number of carbonyl (C=O) groups is 1. The second kappa shape index (κ2) is 6.75.